The van der Waals surface area contributed by atoms with Gasteiger partial charge in [0.25, 0.3) is 0 Å². The highest BCUT2D eigenvalue weighted by molar-refractivity contribution is 5.37. The van der Waals surface area contributed by atoms with E-state index in [2.05, 4.69) is 27.5 Å². The van der Waals surface area contributed by atoms with Gasteiger partial charge in [0, 0.05) is 37.4 Å². The number of hydrogen-bond donors (Lipinski definition) is 1. The number of aromatic nitrogens is 2. The predicted molar refractivity (Wildman–Crippen MR) is 84.6 cm³/mol. The first-order valence-electron chi connectivity index (χ1n) is 8.51. The number of hydrogen-bond acceptors (Lipinski definition) is 4. The van der Waals surface area contributed by atoms with Crippen LogP contribution in [-0.2, 0) is 0 Å². The molecule has 0 spiro atoms. The van der Waals surface area contributed by atoms with E-state index in [4.69, 9.17) is 10.7 Å². The topological polar surface area (TPSA) is 50.3 Å². The van der Waals surface area contributed by atoms with Crippen molar-refractivity contribution < 1.29 is 0 Å². The van der Waals surface area contributed by atoms with Crippen molar-refractivity contribution in [2.45, 2.75) is 57.2 Å². The summed E-state index contributed by atoms with van der Waals surface area (Å²) in [6.07, 6.45) is 8.47. The lowest BCUT2D eigenvalue weighted by molar-refractivity contribution is 0.163. The van der Waals surface area contributed by atoms with Crippen LogP contribution in [-0.4, -0.2) is 52.7 Å². The molecule has 0 aromatic carbocycles. The van der Waals surface area contributed by atoms with Crippen LogP contribution in [0.5, 0.6) is 0 Å². The van der Waals surface area contributed by atoms with Crippen LogP contribution in [0, 0.1) is 6.92 Å². The molecule has 2 saturated heterocycles. The summed E-state index contributed by atoms with van der Waals surface area (Å²) in [7, 11) is 0. The molecule has 1 aromatic rings. The number of aryl methyl sites for hydroxylation is 1. The third-order valence-corrected chi connectivity index (χ3v) is 5.31. The molecule has 1 atom stereocenters. The van der Waals surface area contributed by atoms with Gasteiger partial charge in [-0.2, -0.15) is 0 Å². The minimum absolute atomic E-state index is 0.426. The van der Waals surface area contributed by atoms with E-state index in [1.165, 1.54) is 38.3 Å². The van der Waals surface area contributed by atoms with Crippen LogP contribution < -0.4 is 10.6 Å². The first-order valence-corrected chi connectivity index (χ1v) is 8.51. The van der Waals surface area contributed by atoms with Gasteiger partial charge in [-0.1, -0.05) is 0 Å². The van der Waals surface area contributed by atoms with Crippen LogP contribution in [0.3, 0.4) is 0 Å². The molecule has 0 amide bonds. The number of anilines is 1. The fraction of sp³-hybridized carbons (Fsp3) is 0.812. The molecule has 1 aromatic heterocycles. The summed E-state index contributed by atoms with van der Waals surface area (Å²) in [5.74, 6) is 1.21. The van der Waals surface area contributed by atoms with Crippen molar-refractivity contribution in [2.24, 2.45) is 5.73 Å². The maximum atomic E-state index is 6.03. The van der Waals surface area contributed by atoms with Gasteiger partial charge in [-0.3, -0.25) is 4.90 Å². The van der Waals surface area contributed by atoms with Gasteiger partial charge in [0.2, 0.25) is 5.95 Å². The van der Waals surface area contributed by atoms with Gasteiger partial charge >= 0.3 is 0 Å². The Morgan fingerprint density at radius 2 is 1.81 bits per heavy atom. The van der Waals surface area contributed by atoms with Gasteiger partial charge in [0.05, 0.1) is 5.69 Å². The standard InChI is InChI=1S/C16H27N5/c1-12-10-21(14-2-3-14)16(18-12)20-9-6-15(11-20)19-7-4-13(17)5-8-19/h10,13-15H,2-9,11,17H2,1H3. The Hall–Kier alpha value is -1.07. The summed E-state index contributed by atoms with van der Waals surface area (Å²) in [6, 6.07) is 1.84. The average Bonchev–Trinajstić information content (AvgIpc) is 3.07. The highest BCUT2D eigenvalue weighted by Gasteiger charge is 2.34. The van der Waals surface area contributed by atoms with Gasteiger partial charge in [-0.15, -0.1) is 0 Å². The van der Waals surface area contributed by atoms with Gasteiger partial charge in [-0.25, -0.2) is 4.98 Å². The summed E-state index contributed by atoms with van der Waals surface area (Å²) in [5.41, 5.74) is 7.18. The summed E-state index contributed by atoms with van der Waals surface area (Å²) in [6.45, 7) is 6.75. The maximum absolute atomic E-state index is 6.03. The first kappa shape index (κ1) is 13.6. The fourth-order valence-electron chi connectivity index (χ4n) is 3.86. The van der Waals surface area contributed by atoms with Crippen LogP contribution in [0.25, 0.3) is 0 Å². The number of rotatable bonds is 3. The number of imidazole rings is 1. The average molecular weight is 289 g/mol. The Labute approximate surface area is 127 Å². The molecule has 3 fully saturated rings. The molecule has 3 aliphatic rings. The lowest BCUT2D eigenvalue weighted by Gasteiger charge is -2.34. The minimum Gasteiger partial charge on any atom is -0.341 e. The minimum atomic E-state index is 0.426. The maximum Gasteiger partial charge on any atom is 0.206 e. The van der Waals surface area contributed by atoms with E-state index in [0.29, 0.717) is 18.1 Å². The highest BCUT2D eigenvalue weighted by Crippen LogP contribution is 2.39. The van der Waals surface area contributed by atoms with Crippen LogP contribution in [0.2, 0.25) is 0 Å². The van der Waals surface area contributed by atoms with Crippen molar-refractivity contribution >= 4 is 5.95 Å². The molecule has 1 aliphatic carbocycles. The van der Waals surface area contributed by atoms with E-state index < -0.39 is 0 Å². The van der Waals surface area contributed by atoms with Crippen molar-refractivity contribution in [3.63, 3.8) is 0 Å². The molecule has 5 nitrogen and oxygen atoms in total. The van der Waals surface area contributed by atoms with Crippen LogP contribution in [0.1, 0.15) is 43.8 Å². The smallest absolute Gasteiger partial charge is 0.206 e. The van der Waals surface area contributed by atoms with E-state index in [0.717, 1.165) is 31.6 Å². The van der Waals surface area contributed by atoms with Crippen molar-refractivity contribution in [3.05, 3.63) is 11.9 Å². The van der Waals surface area contributed by atoms with Gasteiger partial charge in [-0.05, 0) is 52.1 Å². The number of piperidine rings is 1. The normalized spacial score (nSPS) is 28.5. The van der Waals surface area contributed by atoms with Gasteiger partial charge in [0.1, 0.15) is 0 Å². The number of likely N-dealkylation sites (tertiary alicyclic amines) is 1. The Balaban J connectivity index is 1.44. The lowest BCUT2D eigenvalue weighted by atomic mass is 10.0. The largest absolute Gasteiger partial charge is 0.341 e. The first-order chi connectivity index (χ1) is 10.2. The van der Waals surface area contributed by atoms with Gasteiger partial charge < -0.3 is 15.2 Å². The van der Waals surface area contributed by atoms with Crippen LogP contribution >= 0.6 is 0 Å². The monoisotopic (exact) mass is 289 g/mol. The molecule has 4 rings (SSSR count). The summed E-state index contributed by atoms with van der Waals surface area (Å²) in [5, 5.41) is 0. The summed E-state index contributed by atoms with van der Waals surface area (Å²) in [4.78, 5) is 9.95. The van der Waals surface area contributed by atoms with E-state index in [-0.39, 0.29) is 0 Å². The molecule has 116 valence electrons. The second kappa shape index (κ2) is 5.29. The summed E-state index contributed by atoms with van der Waals surface area (Å²) < 4.78 is 2.42. The third-order valence-electron chi connectivity index (χ3n) is 5.31. The molecule has 21 heavy (non-hydrogen) atoms. The molecule has 2 N–H and O–H groups in total. The van der Waals surface area contributed by atoms with E-state index in [9.17, 15) is 0 Å². The van der Waals surface area contributed by atoms with Crippen molar-refractivity contribution in [2.75, 3.05) is 31.1 Å². The molecule has 1 unspecified atom stereocenters. The Morgan fingerprint density at radius 3 is 2.52 bits per heavy atom. The molecule has 0 radical (unpaired) electrons. The Morgan fingerprint density at radius 1 is 1.05 bits per heavy atom. The quantitative estimate of drug-likeness (QED) is 0.917. The number of nitrogens with two attached hydrogens (primary N) is 1. The lowest BCUT2D eigenvalue weighted by Crippen LogP contribution is -2.46. The molecular formula is C16H27N5. The zero-order chi connectivity index (χ0) is 14.4. The van der Waals surface area contributed by atoms with Crippen LogP contribution in [0.4, 0.5) is 5.95 Å². The second-order valence-electron chi connectivity index (χ2n) is 7.08. The molecule has 5 heteroatoms. The molecule has 1 saturated carbocycles. The summed E-state index contributed by atoms with van der Waals surface area (Å²) >= 11 is 0. The number of nitrogens with zero attached hydrogens (tertiary/aromatic N) is 4. The van der Waals surface area contributed by atoms with E-state index in [1.807, 2.05) is 0 Å². The fourth-order valence-corrected chi connectivity index (χ4v) is 3.86. The second-order valence-corrected chi connectivity index (χ2v) is 7.08. The SMILES string of the molecule is Cc1cn(C2CC2)c(N2CCC(N3CCC(N)CC3)C2)n1. The van der Waals surface area contributed by atoms with Crippen molar-refractivity contribution in [3.8, 4) is 0 Å². The van der Waals surface area contributed by atoms with E-state index in [1.54, 1.807) is 0 Å². The molecule has 0 bridgehead atoms. The molecule has 2 aliphatic heterocycles. The van der Waals surface area contributed by atoms with Crippen LogP contribution in [0.15, 0.2) is 6.20 Å². The molecular weight excluding hydrogens is 262 g/mol. The Kier molecular flexibility index (Phi) is 3.42. The predicted octanol–water partition coefficient (Wildman–Crippen LogP) is 1.53. The third kappa shape index (κ3) is 2.69. The van der Waals surface area contributed by atoms with E-state index >= 15 is 0 Å². The van der Waals surface area contributed by atoms with Crippen molar-refractivity contribution in [1.82, 2.24) is 14.5 Å². The zero-order valence-corrected chi connectivity index (χ0v) is 13.0. The highest BCUT2D eigenvalue weighted by atomic mass is 15.4. The molecule has 3 heterocycles. The zero-order valence-electron chi connectivity index (χ0n) is 13.0. The van der Waals surface area contributed by atoms with Crippen molar-refractivity contribution in [1.29, 1.82) is 0 Å². The Bertz CT molecular complexity index is 499. The van der Waals surface area contributed by atoms with Gasteiger partial charge in [0.15, 0.2) is 0 Å².